The van der Waals surface area contributed by atoms with E-state index < -0.39 is 0 Å². The first kappa shape index (κ1) is 13.7. The van der Waals surface area contributed by atoms with E-state index in [9.17, 15) is 0 Å². The predicted molar refractivity (Wildman–Crippen MR) is 86.1 cm³/mol. The number of hydrogen-bond acceptors (Lipinski definition) is 4. The van der Waals surface area contributed by atoms with E-state index in [1.54, 1.807) is 7.11 Å². The van der Waals surface area contributed by atoms with Crippen LogP contribution < -0.4 is 15.0 Å². The quantitative estimate of drug-likeness (QED) is 0.935. The standard InChI is InChI=1S/C17H21N3O/c1-21-17-4-2-3-15(13-17)19-14-7-11-20(12-8-14)16-5-9-18-10-6-16/h2-6,9-10,13-14,19H,7-8,11-12H2,1H3. The van der Waals surface area contributed by atoms with E-state index in [-0.39, 0.29) is 0 Å². The van der Waals surface area contributed by atoms with Crippen molar-refractivity contribution >= 4 is 11.4 Å². The number of nitrogens with zero attached hydrogens (tertiary/aromatic N) is 2. The first-order valence-corrected chi connectivity index (χ1v) is 7.41. The summed E-state index contributed by atoms with van der Waals surface area (Å²) in [7, 11) is 1.70. The predicted octanol–water partition coefficient (Wildman–Crippen LogP) is 3.17. The monoisotopic (exact) mass is 283 g/mol. The molecule has 1 fully saturated rings. The van der Waals surface area contributed by atoms with Crippen LogP contribution >= 0.6 is 0 Å². The summed E-state index contributed by atoms with van der Waals surface area (Å²) in [6.45, 7) is 2.15. The van der Waals surface area contributed by atoms with Crippen molar-refractivity contribution in [3.05, 3.63) is 48.8 Å². The number of anilines is 2. The Balaban J connectivity index is 1.56. The van der Waals surface area contributed by atoms with Crippen molar-refractivity contribution in [2.45, 2.75) is 18.9 Å². The first-order valence-electron chi connectivity index (χ1n) is 7.41. The third kappa shape index (κ3) is 3.45. The third-order valence-corrected chi connectivity index (χ3v) is 3.96. The fourth-order valence-corrected chi connectivity index (χ4v) is 2.79. The Kier molecular flexibility index (Phi) is 4.24. The highest BCUT2D eigenvalue weighted by Gasteiger charge is 2.19. The summed E-state index contributed by atoms with van der Waals surface area (Å²) >= 11 is 0. The molecule has 0 bridgehead atoms. The molecule has 0 radical (unpaired) electrons. The number of rotatable bonds is 4. The van der Waals surface area contributed by atoms with Crippen molar-refractivity contribution in [3.8, 4) is 5.75 Å². The molecule has 1 N–H and O–H groups in total. The van der Waals surface area contributed by atoms with Gasteiger partial charge in [-0.2, -0.15) is 0 Å². The fourth-order valence-electron chi connectivity index (χ4n) is 2.79. The van der Waals surface area contributed by atoms with Gasteiger partial charge in [0.05, 0.1) is 7.11 Å². The van der Waals surface area contributed by atoms with Crippen LogP contribution in [0, 0.1) is 0 Å². The maximum Gasteiger partial charge on any atom is 0.120 e. The summed E-state index contributed by atoms with van der Waals surface area (Å²) in [5.74, 6) is 0.897. The van der Waals surface area contributed by atoms with Crippen molar-refractivity contribution in [3.63, 3.8) is 0 Å². The molecule has 0 aliphatic carbocycles. The van der Waals surface area contributed by atoms with Gasteiger partial charge in [0.15, 0.2) is 0 Å². The topological polar surface area (TPSA) is 37.4 Å². The van der Waals surface area contributed by atoms with Crippen molar-refractivity contribution in [1.82, 2.24) is 4.98 Å². The summed E-state index contributed by atoms with van der Waals surface area (Å²) < 4.78 is 5.26. The third-order valence-electron chi connectivity index (χ3n) is 3.96. The molecule has 1 aromatic heterocycles. The van der Waals surface area contributed by atoms with Crippen molar-refractivity contribution in [2.75, 3.05) is 30.4 Å². The molecule has 3 rings (SSSR count). The number of methoxy groups -OCH3 is 1. The van der Waals surface area contributed by atoms with E-state index in [4.69, 9.17) is 4.74 Å². The number of nitrogens with one attached hydrogen (secondary N) is 1. The Labute approximate surface area is 125 Å². The van der Waals surface area contributed by atoms with E-state index in [2.05, 4.69) is 39.5 Å². The second-order valence-electron chi connectivity index (χ2n) is 5.34. The lowest BCUT2D eigenvalue weighted by atomic mass is 10.0. The molecule has 0 atom stereocenters. The lowest BCUT2D eigenvalue weighted by molar-refractivity contribution is 0.415. The highest BCUT2D eigenvalue weighted by Crippen LogP contribution is 2.23. The second kappa shape index (κ2) is 6.48. The summed E-state index contributed by atoms with van der Waals surface area (Å²) in [5.41, 5.74) is 2.40. The minimum Gasteiger partial charge on any atom is -0.497 e. The maximum atomic E-state index is 5.26. The van der Waals surface area contributed by atoms with Gasteiger partial charge in [-0.1, -0.05) is 6.07 Å². The summed E-state index contributed by atoms with van der Waals surface area (Å²) in [4.78, 5) is 6.50. The molecule has 21 heavy (non-hydrogen) atoms. The van der Waals surface area contributed by atoms with Gasteiger partial charge in [-0.3, -0.25) is 4.98 Å². The highest BCUT2D eigenvalue weighted by molar-refractivity contribution is 5.50. The zero-order chi connectivity index (χ0) is 14.5. The average molecular weight is 283 g/mol. The summed E-state index contributed by atoms with van der Waals surface area (Å²) in [6, 6.07) is 12.8. The number of ether oxygens (including phenoxy) is 1. The molecule has 0 unspecified atom stereocenters. The first-order chi connectivity index (χ1) is 10.3. The molecule has 1 aliphatic rings. The highest BCUT2D eigenvalue weighted by atomic mass is 16.5. The Morgan fingerprint density at radius 1 is 1.14 bits per heavy atom. The van der Waals surface area contributed by atoms with Gasteiger partial charge in [0.2, 0.25) is 0 Å². The van der Waals surface area contributed by atoms with Crippen LogP contribution in [0.5, 0.6) is 5.75 Å². The molecular weight excluding hydrogens is 262 g/mol. The average Bonchev–Trinajstić information content (AvgIpc) is 2.56. The van der Waals surface area contributed by atoms with E-state index in [0.717, 1.165) is 37.4 Å². The van der Waals surface area contributed by atoms with Crippen LogP contribution in [-0.4, -0.2) is 31.2 Å². The van der Waals surface area contributed by atoms with Crippen LogP contribution in [0.4, 0.5) is 11.4 Å². The van der Waals surface area contributed by atoms with Crippen LogP contribution in [0.15, 0.2) is 48.8 Å². The number of aromatic nitrogens is 1. The molecule has 0 saturated carbocycles. The van der Waals surface area contributed by atoms with Crippen LogP contribution in [0.25, 0.3) is 0 Å². The number of pyridine rings is 1. The van der Waals surface area contributed by atoms with Crippen LogP contribution in [0.1, 0.15) is 12.8 Å². The number of piperidine rings is 1. The van der Waals surface area contributed by atoms with E-state index >= 15 is 0 Å². The van der Waals surface area contributed by atoms with Gasteiger partial charge in [0.1, 0.15) is 5.75 Å². The Morgan fingerprint density at radius 3 is 2.62 bits per heavy atom. The molecule has 1 aliphatic heterocycles. The summed E-state index contributed by atoms with van der Waals surface area (Å²) in [6.07, 6.45) is 5.99. The largest absolute Gasteiger partial charge is 0.497 e. The molecule has 1 aromatic carbocycles. The summed E-state index contributed by atoms with van der Waals surface area (Å²) in [5, 5.41) is 3.61. The van der Waals surface area contributed by atoms with Gasteiger partial charge in [-0.05, 0) is 37.1 Å². The number of benzene rings is 1. The van der Waals surface area contributed by atoms with Gasteiger partial charge in [-0.25, -0.2) is 0 Å². The zero-order valence-corrected chi connectivity index (χ0v) is 12.3. The second-order valence-corrected chi connectivity index (χ2v) is 5.34. The molecule has 1 saturated heterocycles. The van der Waals surface area contributed by atoms with Gasteiger partial charge in [0, 0.05) is 49.0 Å². The van der Waals surface area contributed by atoms with Gasteiger partial charge >= 0.3 is 0 Å². The van der Waals surface area contributed by atoms with Crippen LogP contribution in [0.3, 0.4) is 0 Å². The smallest absolute Gasteiger partial charge is 0.120 e. The minimum atomic E-state index is 0.523. The molecule has 2 heterocycles. The van der Waals surface area contributed by atoms with E-state index in [1.165, 1.54) is 5.69 Å². The Bertz CT molecular complexity index is 565. The molecule has 2 aromatic rings. The van der Waals surface area contributed by atoms with Crippen molar-refractivity contribution in [2.24, 2.45) is 0 Å². The fraction of sp³-hybridized carbons (Fsp3) is 0.353. The Hall–Kier alpha value is -2.23. The molecule has 4 heteroatoms. The molecule has 0 amide bonds. The van der Waals surface area contributed by atoms with Gasteiger partial charge in [-0.15, -0.1) is 0 Å². The van der Waals surface area contributed by atoms with Crippen LogP contribution in [0.2, 0.25) is 0 Å². The van der Waals surface area contributed by atoms with E-state index in [0.29, 0.717) is 6.04 Å². The SMILES string of the molecule is COc1cccc(NC2CCN(c3ccncc3)CC2)c1. The van der Waals surface area contributed by atoms with Gasteiger partial charge in [0.25, 0.3) is 0 Å². The van der Waals surface area contributed by atoms with Crippen LogP contribution in [-0.2, 0) is 0 Å². The molecule has 0 spiro atoms. The number of hydrogen-bond donors (Lipinski definition) is 1. The maximum absolute atomic E-state index is 5.26. The molecule has 4 nitrogen and oxygen atoms in total. The lowest BCUT2D eigenvalue weighted by Gasteiger charge is -2.34. The van der Waals surface area contributed by atoms with Crippen molar-refractivity contribution < 1.29 is 4.74 Å². The molecule has 110 valence electrons. The minimum absolute atomic E-state index is 0.523. The lowest BCUT2D eigenvalue weighted by Crippen LogP contribution is -2.39. The molecular formula is C17H21N3O. The van der Waals surface area contributed by atoms with Gasteiger partial charge < -0.3 is 15.0 Å². The zero-order valence-electron chi connectivity index (χ0n) is 12.3. The van der Waals surface area contributed by atoms with Crippen molar-refractivity contribution in [1.29, 1.82) is 0 Å². The normalized spacial score (nSPS) is 15.8. The Morgan fingerprint density at radius 2 is 1.90 bits per heavy atom. The van der Waals surface area contributed by atoms with E-state index in [1.807, 2.05) is 24.5 Å².